The third-order valence-corrected chi connectivity index (χ3v) is 10.2. The topological polar surface area (TPSA) is 162 Å². The van der Waals surface area contributed by atoms with Gasteiger partial charge in [-0.25, -0.2) is 8.42 Å². The van der Waals surface area contributed by atoms with Crippen LogP contribution in [0.2, 0.25) is 0 Å². The van der Waals surface area contributed by atoms with E-state index in [1.807, 2.05) is 49.6 Å². The van der Waals surface area contributed by atoms with Crippen LogP contribution in [0.4, 0.5) is 11.4 Å². The summed E-state index contributed by atoms with van der Waals surface area (Å²) in [6.45, 7) is 10.3. The van der Waals surface area contributed by atoms with Gasteiger partial charge in [0.1, 0.15) is 17.2 Å². The van der Waals surface area contributed by atoms with Gasteiger partial charge in [0.25, 0.3) is 0 Å². The van der Waals surface area contributed by atoms with E-state index in [1.165, 1.54) is 12.1 Å². The zero-order valence-electron chi connectivity index (χ0n) is 27.6. The van der Waals surface area contributed by atoms with Crippen molar-refractivity contribution in [2.45, 2.75) is 74.0 Å². The number of benzene rings is 2. The van der Waals surface area contributed by atoms with Crippen LogP contribution >= 0.6 is 12.0 Å². The van der Waals surface area contributed by atoms with E-state index in [0.29, 0.717) is 31.7 Å². The predicted octanol–water partition coefficient (Wildman–Crippen LogP) is 3.54. The number of amides is 1. The zero-order valence-corrected chi connectivity index (χ0v) is 29.2. The fourth-order valence-corrected chi connectivity index (χ4v) is 7.28. The van der Waals surface area contributed by atoms with Crippen LogP contribution < -0.4 is 21.2 Å². The molecule has 4 rings (SSSR count). The largest absolute Gasteiger partial charge is 0.744 e. The summed E-state index contributed by atoms with van der Waals surface area (Å²) in [7, 11) is -2.62. The van der Waals surface area contributed by atoms with Crippen LogP contribution in [0.15, 0.2) is 82.3 Å². The molecule has 4 N–H and O–H groups in total. The molecular weight excluding hydrogens is 641 g/mol. The Bertz CT molecular complexity index is 1710. The lowest BCUT2D eigenvalue weighted by molar-refractivity contribution is -0.777. The van der Waals surface area contributed by atoms with Gasteiger partial charge in [0.2, 0.25) is 11.6 Å². The van der Waals surface area contributed by atoms with E-state index < -0.39 is 15.5 Å². The second-order valence-electron chi connectivity index (χ2n) is 12.7. The summed E-state index contributed by atoms with van der Waals surface area (Å²) in [5.41, 5.74) is 8.93. The van der Waals surface area contributed by atoms with E-state index >= 15 is 0 Å². The van der Waals surface area contributed by atoms with E-state index in [9.17, 15) is 23.0 Å². The molecule has 2 aliphatic rings. The lowest BCUT2D eigenvalue weighted by Gasteiger charge is -2.27. The van der Waals surface area contributed by atoms with Crippen molar-refractivity contribution in [3.63, 3.8) is 0 Å². The molecule has 0 radical (unpaired) electrons. The fraction of sp³-hybridized carbons (Fsp3) is 0.412. The number of anilines is 1. The van der Waals surface area contributed by atoms with Crippen LogP contribution in [0.25, 0.3) is 0 Å². The lowest BCUT2D eigenvalue weighted by Crippen LogP contribution is -2.54. The quantitative estimate of drug-likeness (QED) is 0.0544. The third-order valence-electron chi connectivity index (χ3n) is 8.83. The summed E-state index contributed by atoms with van der Waals surface area (Å²) in [6, 6.07) is 10.5. The van der Waals surface area contributed by atoms with E-state index in [4.69, 9.17) is 0 Å². The fourth-order valence-electron chi connectivity index (χ4n) is 6.40. The number of hydrogen-bond acceptors (Lipinski definition) is 9. The molecule has 1 amide bonds. The Kier molecular flexibility index (Phi) is 11.9. The number of quaternary nitrogens is 1. The van der Waals surface area contributed by atoms with Crippen LogP contribution in [0.1, 0.15) is 64.5 Å². The SMILES string of the molecule is C[N+]1=C(C=CC=CC=C2N(CCCCCC(=O)NCC[NH3+])c3cc(S(=O)(=O)[O-])ccc3C2(C)C)C(C)(C)c2ccc(SOO[O-])cc21. The first-order chi connectivity index (χ1) is 22.2. The van der Waals surface area contributed by atoms with Crippen molar-refractivity contribution in [2.75, 3.05) is 31.6 Å². The van der Waals surface area contributed by atoms with Crippen LogP contribution in [0, 0.1) is 0 Å². The number of unbranched alkanes of at least 4 members (excludes halogenated alkanes) is 2. The zero-order chi connectivity index (χ0) is 34.4. The Morgan fingerprint density at radius 2 is 1.79 bits per heavy atom. The average molecular weight is 685 g/mol. The molecule has 13 heteroatoms. The molecule has 0 atom stereocenters. The number of fused-ring (bicyclic) bond motifs is 2. The maximum Gasteiger partial charge on any atom is 0.220 e. The van der Waals surface area contributed by atoms with Crippen LogP contribution in [0.5, 0.6) is 0 Å². The Morgan fingerprint density at radius 1 is 1.04 bits per heavy atom. The number of carbonyl (C=O) groups is 1. The normalized spacial score (nSPS) is 17.7. The summed E-state index contributed by atoms with van der Waals surface area (Å²) in [5, 5.41) is 16.6. The van der Waals surface area contributed by atoms with Crippen molar-refractivity contribution < 1.29 is 42.7 Å². The van der Waals surface area contributed by atoms with E-state index in [0.717, 1.165) is 64.4 Å². The Labute approximate surface area is 281 Å². The van der Waals surface area contributed by atoms with Crippen molar-refractivity contribution >= 4 is 45.2 Å². The molecule has 0 saturated heterocycles. The van der Waals surface area contributed by atoms with Gasteiger partial charge in [-0.05, 0) is 56.5 Å². The molecule has 0 aromatic heterocycles. The van der Waals surface area contributed by atoms with Gasteiger partial charge in [0.05, 0.1) is 35.4 Å². The first-order valence-corrected chi connectivity index (χ1v) is 17.8. The number of nitrogens with zero attached hydrogens (tertiary/aromatic N) is 2. The van der Waals surface area contributed by atoms with Crippen LogP contribution in [-0.4, -0.2) is 55.8 Å². The van der Waals surface area contributed by atoms with Crippen molar-refractivity contribution in [2.24, 2.45) is 0 Å². The summed E-state index contributed by atoms with van der Waals surface area (Å²) in [5.74, 6) is 0.0175. The molecule has 254 valence electrons. The molecule has 0 bridgehead atoms. The molecule has 0 unspecified atom stereocenters. The minimum atomic E-state index is -4.62. The van der Waals surface area contributed by atoms with E-state index in [1.54, 1.807) is 6.07 Å². The number of carbonyl (C=O) groups excluding carboxylic acids is 1. The van der Waals surface area contributed by atoms with Gasteiger partial charge in [-0.1, -0.05) is 50.6 Å². The summed E-state index contributed by atoms with van der Waals surface area (Å²) < 4.78 is 42.3. The number of rotatable bonds is 15. The molecule has 0 spiro atoms. The van der Waals surface area contributed by atoms with E-state index in [2.05, 4.69) is 63.7 Å². The van der Waals surface area contributed by atoms with Crippen molar-refractivity contribution in [3.05, 3.63) is 83.6 Å². The second-order valence-corrected chi connectivity index (χ2v) is 14.8. The van der Waals surface area contributed by atoms with Crippen molar-refractivity contribution in [1.29, 1.82) is 0 Å². The molecule has 0 saturated carbocycles. The maximum atomic E-state index is 12.0. The highest BCUT2D eigenvalue weighted by Gasteiger charge is 2.43. The molecule has 2 heterocycles. The van der Waals surface area contributed by atoms with Gasteiger partial charge in [0.15, 0.2) is 5.71 Å². The number of hydrogen-bond donors (Lipinski definition) is 2. The number of nitrogens with one attached hydrogen (secondary N) is 1. The van der Waals surface area contributed by atoms with Crippen molar-refractivity contribution in [3.8, 4) is 0 Å². The van der Waals surface area contributed by atoms with E-state index in [-0.39, 0.29) is 16.2 Å². The Hall–Kier alpha value is -3.30. The van der Waals surface area contributed by atoms with Gasteiger partial charge in [-0.15, -0.1) is 0 Å². The Balaban J connectivity index is 1.55. The monoisotopic (exact) mass is 684 g/mol. The molecule has 0 fully saturated rings. The molecule has 2 aliphatic heterocycles. The highest BCUT2D eigenvalue weighted by atomic mass is 32.2. The Morgan fingerprint density at radius 3 is 2.49 bits per heavy atom. The molecule has 2 aromatic rings. The van der Waals surface area contributed by atoms with Crippen LogP contribution in [0.3, 0.4) is 0 Å². The van der Waals surface area contributed by atoms with Gasteiger partial charge >= 0.3 is 0 Å². The second kappa shape index (κ2) is 15.3. The van der Waals surface area contributed by atoms with Crippen molar-refractivity contribution in [1.82, 2.24) is 5.32 Å². The summed E-state index contributed by atoms with van der Waals surface area (Å²) in [6.07, 6.45) is 12.8. The smallest absolute Gasteiger partial charge is 0.220 e. The first kappa shape index (κ1) is 36.5. The predicted molar refractivity (Wildman–Crippen MR) is 179 cm³/mol. The van der Waals surface area contributed by atoms with Gasteiger partial charge in [-0.3, -0.25) is 9.83 Å². The molecular formula is C34H44N4O7S2. The molecule has 0 aliphatic carbocycles. The standard InChI is InChI=1S/C34H44N4O7S2/c1-33(2)26-17-15-24(46-45-44-40)22-28(26)37(5)30(33)12-8-6-9-13-31-34(3,4)27-18-16-25(47(41,42)43)23-29(27)38(31)21-11-7-10-14-32(39)36-20-19-35/h6,8-9,12-13,15-18,22-23H,7,10-11,14,19-21,35H2,1-5H3,(H2-,36,39,40,41,42,43). The van der Waals surface area contributed by atoms with Gasteiger partial charge in [0, 0.05) is 52.4 Å². The minimum absolute atomic E-state index is 0.0175. The lowest BCUT2D eigenvalue weighted by atomic mass is 9.81. The van der Waals surface area contributed by atoms with Crippen LogP contribution in [-0.2, 0) is 35.1 Å². The summed E-state index contributed by atoms with van der Waals surface area (Å²) in [4.78, 5) is 14.6. The summed E-state index contributed by atoms with van der Waals surface area (Å²) >= 11 is 0.861. The van der Waals surface area contributed by atoms with Gasteiger partial charge in [-0.2, -0.15) is 8.91 Å². The average Bonchev–Trinajstić information content (AvgIpc) is 3.35. The van der Waals surface area contributed by atoms with Gasteiger partial charge < -0.3 is 25.8 Å². The highest BCUT2D eigenvalue weighted by molar-refractivity contribution is 7.94. The molecule has 2 aromatic carbocycles. The minimum Gasteiger partial charge on any atom is -0.744 e. The molecule has 47 heavy (non-hydrogen) atoms. The first-order valence-electron chi connectivity index (χ1n) is 15.6. The maximum absolute atomic E-state index is 12.0. The third kappa shape index (κ3) is 8.23. The molecule has 11 nitrogen and oxygen atoms in total. The highest BCUT2D eigenvalue weighted by Crippen LogP contribution is 2.48. The number of allylic oxidation sites excluding steroid dienone is 6.